The van der Waals surface area contributed by atoms with Crippen molar-refractivity contribution in [1.82, 2.24) is 10.3 Å². The third-order valence-corrected chi connectivity index (χ3v) is 6.03. The molecule has 2 N–H and O–H groups in total. The number of anilines is 1. The Morgan fingerprint density at radius 3 is 2.06 bits per heavy atom. The van der Waals surface area contributed by atoms with Crippen LogP contribution in [0.15, 0.2) is 84.9 Å². The van der Waals surface area contributed by atoms with Crippen LogP contribution in [0.2, 0.25) is 0 Å². The molecule has 3 aromatic carbocycles. The fourth-order valence-corrected chi connectivity index (χ4v) is 4.18. The van der Waals surface area contributed by atoms with Gasteiger partial charge in [-0.05, 0) is 24.3 Å². The number of nitrogens with one attached hydrogen (secondary N) is 2. The summed E-state index contributed by atoms with van der Waals surface area (Å²) >= 11 is 1.32. The lowest BCUT2D eigenvalue weighted by Crippen LogP contribution is -2.30. The predicted molar refractivity (Wildman–Crippen MR) is 132 cm³/mol. The van der Waals surface area contributed by atoms with E-state index in [1.54, 1.807) is 24.3 Å². The summed E-state index contributed by atoms with van der Waals surface area (Å²) in [6.07, 6.45) is 0. The molecule has 1 aromatic heterocycles. The van der Waals surface area contributed by atoms with Gasteiger partial charge in [0.2, 0.25) is 0 Å². The van der Waals surface area contributed by atoms with Crippen LogP contribution in [0.4, 0.5) is 5.69 Å². The average molecular weight is 472 g/mol. The van der Waals surface area contributed by atoms with Crippen molar-refractivity contribution in [3.8, 4) is 21.8 Å². The number of methoxy groups -OCH3 is 1. The topological polar surface area (TPSA) is 97.4 Å². The number of aromatic nitrogens is 1. The molecule has 7 nitrogen and oxygen atoms in total. The Labute approximate surface area is 200 Å². The Balaban J connectivity index is 1.55. The van der Waals surface area contributed by atoms with Crippen LogP contribution in [-0.2, 0) is 9.53 Å². The van der Waals surface area contributed by atoms with Crippen molar-refractivity contribution in [2.75, 3.05) is 19.0 Å². The summed E-state index contributed by atoms with van der Waals surface area (Å²) in [6.45, 7) is -0.217. The maximum absolute atomic E-state index is 13.2. The van der Waals surface area contributed by atoms with Gasteiger partial charge >= 0.3 is 5.97 Å². The van der Waals surface area contributed by atoms with Crippen molar-refractivity contribution >= 4 is 34.8 Å². The van der Waals surface area contributed by atoms with Crippen LogP contribution in [0.3, 0.4) is 0 Å². The highest BCUT2D eigenvalue weighted by molar-refractivity contribution is 7.17. The Hall–Kier alpha value is -4.30. The first-order valence-corrected chi connectivity index (χ1v) is 11.2. The van der Waals surface area contributed by atoms with E-state index in [1.807, 2.05) is 60.7 Å². The number of hydrogen-bond donors (Lipinski definition) is 2. The fraction of sp³-hybridized carbons (Fsp3) is 0.0769. The minimum Gasteiger partial charge on any atom is -0.468 e. The van der Waals surface area contributed by atoms with E-state index < -0.39 is 11.9 Å². The summed E-state index contributed by atoms with van der Waals surface area (Å²) in [4.78, 5) is 41.8. The first kappa shape index (κ1) is 22.9. The van der Waals surface area contributed by atoms with Gasteiger partial charge in [0.05, 0.1) is 12.8 Å². The fourth-order valence-electron chi connectivity index (χ4n) is 3.19. The number of carbonyl (C=O) groups is 3. The van der Waals surface area contributed by atoms with E-state index in [-0.39, 0.29) is 12.5 Å². The number of thiazole rings is 1. The summed E-state index contributed by atoms with van der Waals surface area (Å²) in [5.74, 6) is -1.24. The monoisotopic (exact) mass is 471 g/mol. The van der Waals surface area contributed by atoms with Crippen LogP contribution in [-0.4, -0.2) is 36.4 Å². The van der Waals surface area contributed by atoms with Gasteiger partial charge in [0.1, 0.15) is 16.4 Å². The first-order valence-electron chi connectivity index (χ1n) is 10.4. The number of rotatable bonds is 7. The molecule has 170 valence electrons. The third-order valence-electron chi connectivity index (χ3n) is 4.93. The molecule has 0 saturated carbocycles. The summed E-state index contributed by atoms with van der Waals surface area (Å²) in [6, 6.07) is 25.7. The van der Waals surface area contributed by atoms with Crippen LogP contribution >= 0.6 is 11.3 Å². The SMILES string of the molecule is COC(=O)CNC(=O)c1ccc(NC(=O)c2sc(-c3ccccc3)nc2-c2ccccc2)cc1. The van der Waals surface area contributed by atoms with E-state index in [1.165, 1.54) is 18.4 Å². The van der Waals surface area contributed by atoms with Gasteiger partial charge < -0.3 is 15.4 Å². The quantitative estimate of drug-likeness (QED) is 0.383. The van der Waals surface area contributed by atoms with E-state index in [9.17, 15) is 14.4 Å². The summed E-state index contributed by atoms with van der Waals surface area (Å²) in [5.41, 5.74) is 3.29. The van der Waals surface area contributed by atoms with Crippen LogP contribution in [0.5, 0.6) is 0 Å². The number of esters is 1. The Morgan fingerprint density at radius 1 is 0.824 bits per heavy atom. The molecule has 4 aromatic rings. The third kappa shape index (κ3) is 5.36. The summed E-state index contributed by atoms with van der Waals surface area (Å²) < 4.78 is 4.51. The molecule has 1 heterocycles. The Kier molecular flexibility index (Phi) is 7.10. The first-order chi connectivity index (χ1) is 16.5. The van der Waals surface area contributed by atoms with Crippen molar-refractivity contribution in [3.63, 3.8) is 0 Å². The smallest absolute Gasteiger partial charge is 0.325 e. The molecule has 0 aliphatic carbocycles. The van der Waals surface area contributed by atoms with Crippen molar-refractivity contribution in [2.24, 2.45) is 0 Å². The van der Waals surface area contributed by atoms with Crippen molar-refractivity contribution in [3.05, 3.63) is 95.4 Å². The molecule has 0 aliphatic rings. The normalized spacial score (nSPS) is 10.4. The molecule has 0 bridgehead atoms. The molecule has 0 spiro atoms. The minimum absolute atomic E-state index is 0.217. The number of ether oxygens (including phenoxy) is 1. The highest BCUT2D eigenvalue weighted by atomic mass is 32.1. The van der Waals surface area contributed by atoms with Crippen molar-refractivity contribution in [1.29, 1.82) is 0 Å². The highest BCUT2D eigenvalue weighted by Gasteiger charge is 2.20. The lowest BCUT2D eigenvalue weighted by molar-refractivity contribution is -0.139. The molecule has 8 heteroatoms. The van der Waals surface area contributed by atoms with Gasteiger partial charge in [-0.2, -0.15) is 0 Å². The Morgan fingerprint density at radius 2 is 1.44 bits per heavy atom. The number of benzene rings is 3. The zero-order valence-corrected chi connectivity index (χ0v) is 19.1. The second-order valence-electron chi connectivity index (χ2n) is 7.22. The molecule has 0 saturated heterocycles. The summed E-state index contributed by atoms with van der Waals surface area (Å²) in [7, 11) is 1.25. The maximum atomic E-state index is 13.2. The van der Waals surface area contributed by atoms with Crippen molar-refractivity contribution in [2.45, 2.75) is 0 Å². The van der Waals surface area contributed by atoms with Gasteiger partial charge in [0.15, 0.2) is 0 Å². The standard InChI is InChI=1S/C26H21N3O4S/c1-33-21(30)16-27-24(31)18-12-14-20(15-13-18)28-25(32)23-22(17-8-4-2-5-9-17)29-26(34-23)19-10-6-3-7-11-19/h2-15H,16H2,1H3,(H,27,31)(H,28,32). The van der Waals surface area contributed by atoms with E-state index in [4.69, 9.17) is 4.98 Å². The zero-order valence-electron chi connectivity index (χ0n) is 18.3. The molecule has 4 rings (SSSR count). The number of nitrogens with zero attached hydrogens (tertiary/aromatic N) is 1. The molecule has 0 aliphatic heterocycles. The Bertz CT molecular complexity index is 1300. The molecule has 34 heavy (non-hydrogen) atoms. The van der Waals surface area contributed by atoms with E-state index in [2.05, 4.69) is 15.4 Å². The molecular weight excluding hydrogens is 450 g/mol. The van der Waals surface area contributed by atoms with Gasteiger partial charge in [-0.25, -0.2) is 4.98 Å². The largest absolute Gasteiger partial charge is 0.468 e. The van der Waals surface area contributed by atoms with Crippen LogP contribution < -0.4 is 10.6 Å². The van der Waals surface area contributed by atoms with Gasteiger partial charge in [-0.15, -0.1) is 11.3 Å². The molecule has 2 amide bonds. The van der Waals surface area contributed by atoms with Crippen LogP contribution in [0.25, 0.3) is 21.8 Å². The second kappa shape index (κ2) is 10.5. The molecule has 0 fully saturated rings. The molecule has 0 atom stereocenters. The summed E-state index contributed by atoms with van der Waals surface area (Å²) in [5, 5.41) is 6.11. The zero-order chi connectivity index (χ0) is 23.9. The van der Waals surface area contributed by atoms with Crippen LogP contribution in [0.1, 0.15) is 20.0 Å². The van der Waals surface area contributed by atoms with Gasteiger partial charge in [-0.3, -0.25) is 14.4 Å². The van der Waals surface area contributed by atoms with Gasteiger partial charge in [-0.1, -0.05) is 60.7 Å². The maximum Gasteiger partial charge on any atom is 0.325 e. The van der Waals surface area contributed by atoms with Gasteiger partial charge in [0, 0.05) is 22.4 Å². The lowest BCUT2D eigenvalue weighted by atomic mass is 10.1. The van der Waals surface area contributed by atoms with Crippen molar-refractivity contribution < 1.29 is 19.1 Å². The number of amides is 2. The average Bonchev–Trinajstić information content (AvgIpc) is 3.34. The predicted octanol–water partition coefficient (Wildman–Crippen LogP) is 4.63. The van der Waals surface area contributed by atoms with Crippen LogP contribution in [0, 0.1) is 0 Å². The minimum atomic E-state index is -0.536. The molecule has 0 radical (unpaired) electrons. The second-order valence-corrected chi connectivity index (χ2v) is 8.22. The van der Waals surface area contributed by atoms with E-state index in [0.717, 1.165) is 16.1 Å². The molecule has 0 unspecified atom stereocenters. The number of hydrogen-bond acceptors (Lipinski definition) is 6. The highest BCUT2D eigenvalue weighted by Crippen LogP contribution is 2.34. The number of carbonyl (C=O) groups excluding carboxylic acids is 3. The van der Waals surface area contributed by atoms with E-state index >= 15 is 0 Å². The molecular formula is C26H21N3O4S. The van der Waals surface area contributed by atoms with E-state index in [0.29, 0.717) is 21.8 Å². The van der Waals surface area contributed by atoms with Gasteiger partial charge in [0.25, 0.3) is 11.8 Å². The lowest BCUT2D eigenvalue weighted by Gasteiger charge is -2.07.